The molecule has 3 nitrogen and oxygen atoms in total. The second-order valence-corrected chi connectivity index (χ2v) is 10.2. The number of pyridine rings is 1. The van der Waals surface area contributed by atoms with Crippen LogP contribution in [0.5, 0.6) is 0 Å². The first-order valence-corrected chi connectivity index (χ1v) is 9.29. The smallest absolute Gasteiger partial charge is 0.0801 e. The molecule has 2 aromatic rings. The van der Waals surface area contributed by atoms with Crippen molar-refractivity contribution in [2.24, 2.45) is 0 Å². The Bertz CT molecular complexity index is 725. The molecule has 2 rings (SSSR count). The lowest BCUT2D eigenvalue weighted by molar-refractivity contribution is 0.193. The normalized spacial score (nSPS) is 13.0. The Labute approximate surface area is 159 Å². The third-order valence-electron chi connectivity index (χ3n) is 4.69. The van der Waals surface area contributed by atoms with Crippen LogP contribution in [-0.2, 0) is 21.5 Å². The van der Waals surface area contributed by atoms with Gasteiger partial charge in [-0.3, -0.25) is 4.98 Å². The maximum absolute atomic E-state index is 13.4. The van der Waals surface area contributed by atoms with Gasteiger partial charge >= 0.3 is 0 Å². The Hall–Kier alpha value is -1.87. The highest BCUT2D eigenvalue weighted by Crippen LogP contribution is 2.44. The van der Waals surface area contributed by atoms with Gasteiger partial charge < -0.3 is 0 Å². The van der Waals surface area contributed by atoms with E-state index >= 15 is 0 Å². The first-order chi connectivity index (χ1) is 11.7. The number of benzene rings is 1. The highest BCUT2D eigenvalue weighted by Gasteiger charge is 2.32. The Morgan fingerprint density at radius 3 is 1.50 bits per heavy atom. The molecule has 0 spiro atoms. The van der Waals surface area contributed by atoms with Crippen LogP contribution in [0.25, 0.3) is 0 Å². The summed E-state index contributed by atoms with van der Waals surface area (Å²) in [6.45, 7) is 19.7. The topological polar surface area (TPSA) is 36.0 Å². The highest BCUT2D eigenvalue weighted by atomic mass is 16.5. The van der Waals surface area contributed by atoms with Crippen molar-refractivity contribution in [3.8, 4) is 0 Å². The number of rotatable bonds is 2. The standard InChI is InChI=1S/C23H33N2O/c1-21(2,3)16-14-18(22(4,5)6)20(19(15-16)23(7,8)9)25(26)17-10-12-24-13-11-17/h10-15H,1-9H3. The van der Waals surface area contributed by atoms with Gasteiger partial charge in [-0.25, -0.2) is 0 Å². The minimum Gasteiger partial charge on any atom is -0.265 e. The summed E-state index contributed by atoms with van der Waals surface area (Å²) in [7, 11) is 0. The Morgan fingerprint density at radius 2 is 1.15 bits per heavy atom. The van der Waals surface area contributed by atoms with Crippen LogP contribution in [0, 0.1) is 0 Å². The molecule has 0 aliphatic rings. The summed E-state index contributed by atoms with van der Waals surface area (Å²) in [4.78, 5) is 4.04. The summed E-state index contributed by atoms with van der Waals surface area (Å²) in [5.74, 6) is 0. The van der Waals surface area contributed by atoms with Crippen LogP contribution in [0.15, 0.2) is 36.7 Å². The maximum Gasteiger partial charge on any atom is 0.0801 e. The quantitative estimate of drug-likeness (QED) is 0.581. The van der Waals surface area contributed by atoms with E-state index in [2.05, 4.69) is 79.4 Å². The SMILES string of the molecule is CC(C)(C)c1cc(C(C)(C)C)c(N([O])c2ccncc2)c(C(C)(C)C)c1. The molecule has 0 saturated carbocycles. The predicted octanol–water partition coefficient (Wildman–Crippen LogP) is 6.46. The monoisotopic (exact) mass is 353 g/mol. The lowest BCUT2D eigenvalue weighted by Crippen LogP contribution is -2.26. The molecule has 0 unspecified atom stereocenters. The molecule has 0 N–H and O–H groups in total. The van der Waals surface area contributed by atoms with Crippen LogP contribution in [0.3, 0.4) is 0 Å². The molecule has 1 heterocycles. The molecule has 0 bridgehead atoms. The fraction of sp³-hybridized carbons (Fsp3) is 0.522. The van der Waals surface area contributed by atoms with Crippen LogP contribution in [0.1, 0.15) is 79.0 Å². The van der Waals surface area contributed by atoms with E-state index < -0.39 is 0 Å². The summed E-state index contributed by atoms with van der Waals surface area (Å²) < 4.78 is 0. The molecular formula is C23H33N2O. The third kappa shape index (κ3) is 4.27. The number of anilines is 2. The fourth-order valence-corrected chi connectivity index (χ4v) is 3.04. The molecule has 1 aromatic heterocycles. The Kier molecular flexibility index (Phi) is 5.26. The zero-order valence-electron chi connectivity index (χ0n) is 17.8. The summed E-state index contributed by atoms with van der Waals surface area (Å²) in [5.41, 5.74) is 4.54. The molecule has 0 fully saturated rings. The van der Waals surface area contributed by atoms with Gasteiger partial charge in [-0.2, -0.15) is 5.06 Å². The van der Waals surface area contributed by atoms with Crippen LogP contribution >= 0.6 is 0 Å². The minimum atomic E-state index is -0.147. The van der Waals surface area contributed by atoms with Gasteiger partial charge in [-0.15, -0.1) is 0 Å². The van der Waals surface area contributed by atoms with Crippen LogP contribution in [0.4, 0.5) is 11.4 Å². The summed E-state index contributed by atoms with van der Waals surface area (Å²) in [6.07, 6.45) is 3.33. The average molecular weight is 354 g/mol. The summed E-state index contributed by atoms with van der Waals surface area (Å²) in [5, 5.41) is 14.5. The van der Waals surface area contributed by atoms with Gasteiger partial charge in [0.15, 0.2) is 0 Å². The maximum atomic E-state index is 13.4. The van der Waals surface area contributed by atoms with E-state index in [-0.39, 0.29) is 16.2 Å². The van der Waals surface area contributed by atoms with E-state index in [1.165, 1.54) is 5.56 Å². The van der Waals surface area contributed by atoms with E-state index in [1.54, 1.807) is 24.5 Å². The molecule has 0 atom stereocenters. The minimum absolute atomic E-state index is 0.0168. The summed E-state index contributed by atoms with van der Waals surface area (Å²) in [6, 6.07) is 7.97. The molecule has 141 valence electrons. The highest BCUT2D eigenvalue weighted by molar-refractivity contribution is 5.71. The van der Waals surface area contributed by atoms with Gasteiger partial charge in [0.05, 0.1) is 11.4 Å². The molecular weight excluding hydrogens is 320 g/mol. The zero-order chi connectivity index (χ0) is 19.9. The molecule has 0 amide bonds. The van der Waals surface area contributed by atoms with E-state index in [0.29, 0.717) is 5.69 Å². The van der Waals surface area contributed by atoms with Gasteiger partial charge in [0.1, 0.15) is 0 Å². The van der Waals surface area contributed by atoms with Crippen LogP contribution in [-0.4, -0.2) is 4.98 Å². The molecule has 3 heteroatoms. The largest absolute Gasteiger partial charge is 0.265 e. The first-order valence-electron chi connectivity index (χ1n) is 9.29. The molecule has 1 radical (unpaired) electrons. The zero-order valence-corrected chi connectivity index (χ0v) is 17.8. The lowest BCUT2D eigenvalue weighted by atomic mass is 9.74. The van der Waals surface area contributed by atoms with Crippen molar-refractivity contribution in [3.63, 3.8) is 0 Å². The fourth-order valence-electron chi connectivity index (χ4n) is 3.04. The van der Waals surface area contributed by atoms with Crippen molar-refractivity contribution < 1.29 is 5.21 Å². The number of hydrogen-bond donors (Lipinski definition) is 0. The second kappa shape index (κ2) is 6.70. The summed E-state index contributed by atoms with van der Waals surface area (Å²) >= 11 is 0. The molecule has 0 saturated heterocycles. The van der Waals surface area contributed by atoms with Crippen LogP contribution in [0.2, 0.25) is 0 Å². The van der Waals surface area contributed by atoms with Crippen molar-refractivity contribution in [2.75, 3.05) is 5.06 Å². The average Bonchev–Trinajstić information content (AvgIpc) is 2.51. The number of aromatic nitrogens is 1. The van der Waals surface area contributed by atoms with Crippen LogP contribution < -0.4 is 5.06 Å². The molecule has 1 aromatic carbocycles. The first kappa shape index (κ1) is 20.4. The van der Waals surface area contributed by atoms with Gasteiger partial charge in [0.2, 0.25) is 0 Å². The molecule has 26 heavy (non-hydrogen) atoms. The van der Waals surface area contributed by atoms with Crippen molar-refractivity contribution in [2.45, 2.75) is 78.6 Å². The number of nitrogens with zero attached hydrogens (tertiary/aromatic N) is 2. The van der Waals surface area contributed by atoms with Gasteiger partial charge in [-0.05, 0) is 45.1 Å². The van der Waals surface area contributed by atoms with Crippen molar-refractivity contribution >= 4 is 11.4 Å². The molecule has 0 aliphatic heterocycles. The van der Waals surface area contributed by atoms with Gasteiger partial charge in [0, 0.05) is 12.4 Å². The number of hydrogen-bond acceptors (Lipinski definition) is 2. The Morgan fingerprint density at radius 1 is 0.731 bits per heavy atom. The van der Waals surface area contributed by atoms with E-state index in [0.717, 1.165) is 21.9 Å². The van der Waals surface area contributed by atoms with E-state index in [1.807, 2.05) is 0 Å². The van der Waals surface area contributed by atoms with Crippen molar-refractivity contribution in [3.05, 3.63) is 53.3 Å². The van der Waals surface area contributed by atoms with E-state index in [4.69, 9.17) is 0 Å². The Balaban J connectivity index is 2.87. The third-order valence-corrected chi connectivity index (χ3v) is 4.69. The predicted molar refractivity (Wildman–Crippen MR) is 110 cm³/mol. The van der Waals surface area contributed by atoms with Crippen molar-refractivity contribution in [1.29, 1.82) is 0 Å². The second-order valence-electron chi connectivity index (χ2n) is 10.2. The van der Waals surface area contributed by atoms with Gasteiger partial charge in [-0.1, -0.05) is 79.7 Å². The lowest BCUT2D eigenvalue weighted by Gasteiger charge is -2.35. The van der Waals surface area contributed by atoms with Crippen molar-refractivity contribution in [1.82, 2.24) is 4.98 Å². The van der Waals surface area contributed by atoms with Gasteiger partial charge in [0.25, 0.3) is 0 Å². The van der Waals surface area contributed by atoms with E-state index in [9.17, 15) is 5.21 Å². The molecule has 0 aliphatic carbocycles.